The maximum atomic E-state index is 13.1. The van der Waals surface area contributed by atoms with E-state index in [0.717, 1.165) is 12.1 Å². The first kappa shape index (κ1) is 11.3. The van der Waals surface area contributed by atoms with Crippen molar-refractivity contribution in [3.8, 4) is 0 Å². The van der Waals surface area contributed by atoms with Crippen LogP contribution >= 0.6 is 0 Å². The Kier molecular flexibility index (Phi) is 3.49. The molecule has 1 aromatic rings. The number of carbonyl (C=O) groups is 1. The highest BCUT2D eigenvalue weighted by Crippen LogP contribution is 2.12. The van der Waals surface area contributed by atoms with Gasteiger partial charge in [-0.15, -0.1) is 0 Å². The number of hydrogen-bond acceptors (Lipinski definition) is 3. The largest absolute Gasteiger partial charge is 0.461 e. The van der Waals surface area contributed by atoms with Gasteiger partial charge >= 0.3 is 5.97 Å². The van der Waals surface area contributed by atoms with Crippen LogP contribution in [0, 0.1) is 17.0 Å². The normalized spacial score (nSPS) is 9.80. The molecule has 0 bridgehead atoms. The summed E-state index contributed by atoms with van der Waals surface area (Å²) in [5, 5.41) is 7.30. The van der Waals surface area contributed by atoms with E-state index in [9.17, 15) is 13.6 Å². The summed E-state index contributed by atoms with van der Waals surface area (Å²) in [5.74, 6) is -3.28. The van der Waals surface area contributed by atoms with Crippen LogP contribution in [0.15, 0.2) is 18.2 Å². The van der Waals surface area contributed by atoms with E-state index in [4.69, 9.17) is 5.41 Å². The zero-order valence-electron chi connectivity index (χ0n) is 8.01. The maximum Gasteiger partial charge on any atom is 0.356 e. The molecule has 15 heavy (non-hydrogen) atoms. The Labute approximate surface area is 85.2 Å². The Balaban J connectivity index is 3.01. The quantitative estimate of drug-likeness (QED) is 0.615. The molecule has 80 valence electrons. The minimum Gasteiger partial charge on any atom is -0.461 e. The van der Waals surface area contributed by atoms with Gasteiger partial charge in [0.25, 0.3) is 0 Å². The van der Waals surface area contributed by atoms with Gasteiger partial charge in [-0.1, -0.05) is 6.07 Å². The molecule has 0 saturated carbocycles. The van der Waals surface area contributed by atoms with Gasteiger partial charge in [0, 0.05) is 5.56 Å². The van der Waals surface area contributed by atoms with Crippen LogP contribution in [-0.2, 0) is 9.53 Å². The van der Waals surface area contributed by atoms with E-state index in [1.54, 1.807) is 6.92 Å². The van der Waals surface area contributed by atoms with Crippen molar-refractivity contribution >= 4 is 11.7 Å². The van der Waals surface area contributed by atoms with Crippen LogP contribution in [0.5, 0.6) is 0 Å². The Morgan fingerprint density at radius 1 is 1.47 bits per heavy atom. The van der Waals surface area contributed by atoms with Gasteiger partial charge in [-0.2, -0.15) is 0 Å². The van der Waals surface area contributed by atoms with E-state index in [-0.39, 0.29) is 6.61 Å². The molecule has 0 radical (unpaired) electrons. The van der Waals surface area contributed by atoms with E-state index in [0.29, 0.717) is 0 Å². The predicted octanol–water partition coefficient (Wildman–Crippen LogP) is 1.90. The van der Waals surface area contributed by atoms with Crippen LogP contribution in [0.1, 0.15) is 12.5 Å². The van der Waals surface area contributed by atoms with Crippen LogP contribution < -0.4 is 0 Å². The fraction of sp³-hybridized carbons (Fsp3) is 0.200. The first-order chi connectivity index (χ1) is 7.07. The second-order valence-corrected chi connectivity index (χ2v) is 2.70. The molecule has 3 nitrogen and oxygen atoms in total. The van der Waals surface area contributed by atoms with Crippen molar-refractivity contribution in [1.29, 1.82) is 5.41 Å². The Hall–Kier alpha value is -1.78. The summed E-state index contributed by atoms with van der Waals surface area (Å²) in [4.78, 5) is 11.1. The average Bonchev–Trinajstić information content (AvgIpc) is 2.21. The summed E-state index contributed by atoms with van der Waals surface area (Å²) < 4.78 is 30.4. The monoisotopic (exact) mass is 213 g/mol. The molecular formula is C10H9F2NO2. The third-order valence-electron chi connectivity index (χ3n) is 1.70. The van der Waals surface area contributed by atoms with Gasteiger partial charge in [0.2, 0.25) is 0 Å². The van der Waals surface area contributed by atoms with Crippen LogP contribution in [0.25, 0.3) is 0 Å². The summed E-state index contributed by atoms with van der Waals surface area (Å²) in [6.45, 7) is 1.64. The minimum absolute atomic E-state index is 0.0815. The average molecular weight is 213 g/mol. The highest BCUT2D eigenvalue weighted by atomic mass is 19.2. The van der Waals surface area contributed by atoms with Crippen LogP contribution in [0.4, 0.5) is 8.78 Å². The number of benzene rings is 1. The molecule has 0 fully saturated rings. The lowest BCUT2D eigenvalue weighted by atomic mass is 10.1. The van der Waals surface area contributed by atoms with Crippen molar-refractivity contribution in [1.82, 2.24) is 0 Å². The second-order valence-electron chi connectivity index (χ2n) is 2.70. The number of ether oxygens (including phenoxy) is 1. The smallest absolute Gasteiger partial charge is 0.356 e. The first-order valence-electron chi connectivity index (χ1n) is 4.28. The highest BCUT2D eigenvalue weighted by Gasteiger charge is 2.18. The Morgan fingerprint density at radius 2 is 2.13 bits per heavy atom. The van der Waals surface area contributed by atoms with Gasteiger partial charge in [0.1, 0.15) is 5.71 Å². The molecule has 1 aromatic carbocycles. The molecule has 0 aliphatic carbocycles. The Morgan fingerprint density at radius 3 is 2.73 bits per heavy atom. The minimum atomic E-state index is -1.21. The molecule has 0 unspecified atom stereocenters. The first-order valence-corrected chi connectivity index (χ1v) is 4.28. The van der Waals surface area contributed by atoms with E-state index >= 15 is 0 Å². The Bertz CT molecular complexity index is 404. The van der Waals surface area contributed by atoms with Crippen LogP contribution in [0.2, 0.25) is 0 Å². The molecule has 0 aromatic heterocycles. The molecular weight excluding hydrogens is 204 g/mol. The molecule has 5 heteroatoms. The molecule has 0 spiro atoms. The van der Waals surface area contributed by atoms with Gasteiger partial charge < -0.3 is 4.74 Å². The molecule has 1 rings (SSSR count). The lowest BCUT2D eigenvalue weighted by molar-refractivity contribution is -0.135. The lowest BCUT2D eigenvalue weighted by Gasteiger charge is -2.04. The number of carbonyl (C=O) groups excluding carboxylic acids is 1. The number of nitrogens with one attached hydrogen (secondary N) is 1. The summed E-state index contributed by atoms with van der Waals surface area (Å²) in [5.41, 5.74) is -1.08. The molecule has 0 heterocycles. The lowest BCUT2D eigenvalue weighted by Crippen LogP contribution is -2.19. The van der Waals surface area contributed by atoms with Crippen molar-refractivity contribution in [2.75, 3.05) is 6.61 Å². The summed E-state index contributed by atoms with van der Waals surface area (Å²) in [7, 11) is 0. The zero-order chi connectivity index (χ0) is 11.4. The van der Waals surface area contributed by atoms with Gasteiger partial charge in [0.05, 0.1) is 6.61 Å². The van der Waals surface area contributed by atoms with Gasteiger partial charge in [-0.3, -0.25) is 5.41 Å². The van der Waals surface area contributed by atoms with E-state index in [1.807, 2.05) is 0 Å². The van der Waals surface area contributed by atoms with E-state index < -0.39 is 28.9 Å². The van der Waals surface area contributed by atoms with Crippen molar-refractivity contribution in [3.05, 3.63) is 35.4 Å². The molecule has 0 saturated heterocycles. The molecule has 0 amide bonds. The standard InChI is InChI=1S/C10H9F2NO2/c1-2-15-10(14)9(13)6-4-3-5-7(11)8(6)12/h3-5,13H,2H2,1H3. The van der Waals surface area contributed by atoms with Gasteiger partial charge in [0.15, 0.2) is 11.6 Å². The third kappa shape index (κ3) is 2.37. The third-order valence-corrected chi connectivity index (χ3v) is 1.70. The maximum absolute atomic E-state index is 13.1. The second kappa shape index (κ2) is 4.63. The fourth-order valence-electron chi connectivity index (χ4n) is 1.01. The van der Waals surface area contributed by atoms with E-state index in [2.05, 4.69) is 4.74 Å². The molecule has 0 aliphatic heterocycles. The summed E-state index contributed by atoms with van der Waals surface area (Å²) in [6, 6.07) is 3.29. The van der Waals surface area contributed by atoms with Crippen LogP contribution in [0.3, 0.4) is 0 Å². The van der Waals surface area contributed by atoms with Gasteiger partial charge in [-0.05, 0) is 19.1 Å². The van der Waals surface area contributed by atoms with Gasteiger partial charge in [-0.25, -0.2) is 13.6 Å². The summed E-state index contributed by atoms with van der Waals surface area (Å²) >= 11 is 0. The summed E-state index contributed by atoms with van der Waals surface area (Å²) in [6.07, 6.45) is 0. The van der Waals surface area contributed by atoms with Crippen LogP contribution in [-0.4, -0.2) is 18.3 Å². The van der Waals surface area contributed by atoms with E-state index in [1.165, 1.54) is 6.07 Å². The zero-order valence-corrected chi connectivity index (χ0v) is 8.01. The van der Waals surface area contributed by atoms with Crippen molar-refractivity contribution in [2.24, 2.45) is 0 Å². The SMILES string of the molecule is CCOC(=O)C(=N)c1cccc(F)c1F. The molecule has 0 atom stereocenters. The highest BCUT2D eigenvalue weighted by molar-refractivity contribution is 6.42. The number of rotatable bonds is 3. The predicted molar refractivity (Wildman–Crippen MR) is 49.8 cm³/mol. The van der Waals surface area contributed by atoms with Crippen molar-refractivity contribution in [3.63, 3.8) is 0 Å². The topological polar surface area (TPSA) is 50.2 Å². The number of esters is 1. The molecule has 0 aliphatic rings. The fourth-order valence-corrected chi connectivity index (χ4v) is 1.01. The van der Waals surface area contributed by atoms with Crippen molar-refractivity contribution < 1.29 is 18.3 Å². The molecule has 1 N–H and O–H groups in total. The van der Waals surface area contributed by atoms with Crippen molar-refractivity contribution in [2.45, 2.75) is 6.92 Å². The number of hydrogen-bond donors (Lipinski definition) is 1. The number of halogens is 2.